The molecule has 0 radical (unpaired) electrons. The van der Waals surface area contributed by atoms with E-state index in [1.54, 1.807) is 6.07 Å². The number of thioether (sulfide) groups is 1. The van der Waals surface area contributed by atoms with Gasteiger partial charge in [-0.05, 0) is 13.1 Å². The van der Waals surface area contributed by atoms with Crippen LogP contribution in [0.15, 0.2) is 17.2 Å². The van der Waals surface area contributed by atoms with Gasteiger partial charge in [0.15, 0.2) is 0 Å². The van der Waals surface area contributed by atoms with E-state index in [1.807, 2.05) is 18.8 Å². The molecule has 1 fully saturated rings. The maximum absolute atomic E-state index is 12.1. The molecule has 0 unspecified atom stereocenters. The summed E-state index contributed by atoms with van der Waals surface area (Å²) in [5.74, 6) is 2.27. The Morgan fingerprint density at radius 2 is 2.15 bits per heavy atom. The molecule has 3 N–H and O–H groups in total. The highest BCUT2D eigenvalue weighted by Gasteiger charge is 2.16. The molecule has 114 valence electrons. The number of hydrogen-bond acceptors (Lipinski definition) is 5. The Hall–Kier alpha value is -0.540. The van der Waals surface area contributed by atoms with Gasteiger partial charge in [0.1, 0.15) is 0 Å². The Kier molecular flexibility index (Phi) is 5.91. The van der Waals surface area contributed by atoms with Gasteiger partial charge < -0.3 is 15.2 Å². The van der Waals surface area contributed by atoms with Gasteiger partial charge in [0.05, 0.1) is 4.90 Å². The minimum absolute atomic E-state index is 0.303. The van der Waals surface area contributed by atoms with Crippen LogP contribution in [0.2, 0.25) is 0 Å². The highest BCUT2D eigenvalue weighted by atomic mass is 32.2. The third kappa shape index (κ3) is 4.49. The number of aromatic nitrogens is 1. The van der Waals surface area contributed by atoms with Crippen molar-refractivity contribution in [1.82, 2.24) is 19.9 Å². The van der Waals surface area contributed by atoms with Crippen LogP contribution in [0.1, 0.15) is 5.69 Å². The summed E-state index contributed by atoms with van der Waals surface area (Å²) in [6.45, 7) is 3.94. The second-order valence-electron chi connectivity index (χ2n) is 4.74. The van der Waals surface area contributed by atoms with Gasteiger partial charge in [-0.1, -0.05) is 0 Å². The normalized spacial score (nSPS) is 17.4. The summed E-state index contributed by atoms with van der Waals surface area (Å²) >= 11 is 1.95. The minimum atomic E-state index is -3.40. The van der Waals surface area contributed by atoms with Gasteiger partial charge in [0.25, 0.3) is 0 Å². The van der Waals surface area contributed by atoms with E-state index in [0.29, 0.717) is 18.0 Å². The number of sulfonamides is 1. The van der Waals surface area contributed by atoms with Crippen molar-refractivity contribution in [2.45, 2.75) is 11.4 Å². The third-order valence-electron chi connectivity index (χ3n) is 3.22. The van der Waals surface area contributed by atoms with E-state index in [1.165, 1.54) is 6.20 Å². The second kappa shape index (κ2) is 7.46. The first-order valence-electron chi connectivity index (χ1n) is 6.73. The van der Waals surface area contributed by atoms with Crippen molar-refractivity contribution >= 4 is 21.8 Å². The summed E-state index contributed by atoms with van der Waals surface area (Å²) in [7, 11) is -1.58. The zero-order chi connectivity index (χ0) is 14.4. The van der Waals surface area contributed by atoms with Crippen molar-refractivity contribution in [3.05, 3.63) is 18.0 Å². The van der Waals surface area contributed by atoms with E-state index in [9.17, 15) is 8.42 Å². The van der Waals surface area contributed by atoms with E-state index >= 15 is 0 Å². The van der Waals surface area contributed by atoms with Crippen LogP contribution in [0, 0.1) is 0 Å². The van der Waals surface area contributed by atoms with Gasteiger partial charge in [-0.3, -0.25) is 0 Å². The zero-order valence-electron chi connectivity index (χ0n) is 11.7. The first-order valence-corrected chi connectivity index (χ1v) is 9.37. The molecular weight excluding hydrogens is 296 g/mol. The Bertz CT molecular complexity index is 509. The van der Waals surface area contributed by atoms with Crippen LogP contribution in [0.3, 0.4) is 0 Å². The average Bonchev–Trinajstić information content (AvgIpc) is 2.90. The molecule has 0 saturated carbocycles. The summed E-state index contributed by atoms with van der Waals surface area (Å²) in [5.41, 5.74) is 0.862. The van der Waals surface area contributed by atoms with Gasteiger partial charge in [-0.15, -0.1) is 0 Å². The summed E-state index contributed by atoms with van der Waals surface area (Å²) in [6.07, 6.45) is 1.53. The van der Waals surface area contributed by atoms with Crippen LogP contribution in [0.5, 0.6) is 0 Å². The highest BCUT2D eigenvalue weighted by Crippen LogP contribution is 2.11. The quantitative estimate of drug-likeness (QED) is 0.663. The lowest BCUT2D eigenvalue weighted by molar-refractivity contribution is 0.307. The monoisotopic (exact) mass is 318 g/mol. The largest absolute Gasteiger partial charge is 0.363 e. The molecule has 1 aromatic heterocycles. The van der Waals surface area contributed by atoms with Crippen molar-refractivity contribution in [1.29, 1.82) is 0 Å². The lowest BCUT2D eigenvalue weighted by Gasteiger charge is -2.25. The molecule has 0 atom stereocenters. The molecule has 0 aromatic carbocycles. The molecule has 1 aromatic rings. The molecule has 0 bridgehead atoms. The number of nitrogens with zero attached hydrogens (tertiary/aromatic N) is 1. The van der Waals surface area contributed by atoms with Gasteiger partial charge in [0, 0.05) is 56.1 Å². The number of hydrogen-bond donors (Lipinski definition) is 3. The predicted molar refractivity (Wildman–Crippen MR) is 82.5 cm³/mol. The summed E-state index contributed by atoms with van der Waals surface area (Å²) in [6, 6.07) is 1.66. The van der Waals surface area contributed by atoms with E-state index in [2.05, 4.69) is 19.9 Å². The molecule has 8 heteroatoms. The average molecular weight is 318 g/mol. The number of H-pyrrole nitrogens is 1. The minimum Gasteiger partial charge on any atom is -0.363 e. The summed E-state index contributed by atoms with van der Waals surface area (Å²) in [5, 5.41) is 2.98. The molecule has 0 amide bonds. The molecule has 1 aliphatic rings. The standard InChI is InChI=1S/C12H22N4O2S2/c1-13-9-11-8-12(10-14-11)20(17,18)15-2-3-16-4-6-19-7-5-16/h8,10,13-15H,2-7,9H2,1H3. The van der Waals surface area contributed by atoms with Crippen LogP contribution in [0.4, 0.5) is 0 Å². The smallest absolute Gasteiger partial charge is 0.242 e. The third-order valence-corrected chi connectivity index (χ3v) is 5.60. The van der Waals surface area contributed by atoms with E-state index in [0.717, 1.165) is 36.8 Å². The first kappa shape index (κ1) is 15.8. The zero-order valence-corrected chi connectivity index (χ0v) is 13.3. The SMILES string of the molecule is CNCc1cc(S(=O)(=O)NCCN2CCSCC2)c[nH]1. The number of rotatable bonds is 7. The fraction of sp³-hybridized carbons (Fsp3) is 0.667. The Morgan fingerprint density at radius 3 is 2.85 bits per heavy atom. The fourth-order valence-corrected chi connectivity index (χ4v) is 4.13. The lowest BCUT2D eigenvalue weighted by atomic mass is 10.4. The van der Waals surface area contributed by atoms with Crippen molar-refractivity contribution < 1.29 is 8.42 Å². The topological polar surface area (TPSA) is 77.2 Å². The van der Waals surface area contributed by atoms with Gasteiger partial charge in [0.2, 0.25) is 10.0 Å². The Balaban J connectivity index is 1.83. The van der Waals surface area contributed by atoms with E-state index < -0.39 is 10.0 Å². The molecule has 0 aliphatic carbocycles. The number of aromatic amines is 1. The predicted octanol–water partition coefficient (Wildman–Crippen LogP) is 0.0612. The highest BCUT2D eigenvalue weighted by molar-refractivity contribution is 7.99. The molecule has 2 rings (SSSR count). The molecule has 20 heavy (non-hydrogen) atoms. The van der Waals surface area contributed by atoms with Crippen LogP contribution >= 0.6 is 11.8 Å². The molecule has 2 heterocycles. The van der Waals surface area contributed by atoms with Gasteiger partial charge in [-0.25, -0.2) is 13.1 Å². The van der Waals surface area contributed by atoms with E-state index in [-0.39, 0.29) is 0 Å². The first-order chi connectivity index (χ1) is 9.62. The lowest BCUT2D eigenvalue weighted by Crippen LogP contribution is -2.39. The van der Waals surface area contributed by atoms with Crippen LogP contribution in [-0.4, -0.2) is 63.0 Å². The van der Waals surface area contributed by atoms with Crippen LogP contribution in [0.25, 0.3) is 0 Å². The van der Waals surface area contributed by atoms with Crippen LogP contribution in [-0.2, 0) is 16.6 Å². The van der Waals surface area contributed by atoms with Crippen molar-refractivity contribution in [3.8, 4) is 0 Å². The maximum Gasteiger partial charge on any atom is 0.242 e. The summed E-state index contributed by atoms with van der Waals surface area (Å²) < 4.78 is 26.9. The second-order valence-corrected chi connectivity index (χ2v) is 7.73. The summed E-state index contributed by atoms with van der Waals surface area (Å²) in [4.78, 5) is 5.55. The van der Waals surface area contributed by atoms with Gasteiger partial charge >= 0.3 is 0 Å². The van der Waals surface area contributed by atoms with Gasteiger partial charge in [-0.2, -0.15) is 11.8 Å². The van der Waals surface area contributed by atoms with Crippen molar-refractivity contribution in [2.24, 2.45) is 0 Å². The fourth-order valence-electron chi connectivity index (χ4n) is 2.11. The number of nitrogens with one attached hydrogen (secondary N) is 3. The van der Waals surface area contributed by atoms with Crippen LogP contribution < -0.4 is 10.0 Å². The Morgan fingerprint density at radius 1 is 1.40 bits per heavy atom. The molecule has 1 aliphatic heterocycles. The maximum atomic E-state index is 12.1. The van der Waals surface area contributed by atoms with Crippen molar-refractivity contribution in [2.75, 3.05) is 44.7 Å². The molecule has 0 spiro atoms. The molecule has 1 saturated heterocycles. The van der Waals surface area contributed by atoms with Crippen molar-refractivity contribution in [3.63, 3.8) is 0 Å². The Labute approximate surface area is 124 Å². The molecular formula is C12H22N4O2S2. The van der Waals surface area contributed by atoms with E-state index in [4.69, 9.17) is 0 Å². The molecule has 6 nitrogen and oxygen atoms in total.